The number of nitrogens with one attached hydrogen (secondary N) is 3. The second-order valence-corrected chi connectivity index (χ2v) is 6.15. The number of para-hydroxylation sites is 1. The third-order valence-electron chi connectivity index (χ3n) is 3.99. The topological polar surface area (TPSA) is 114 Å². The summed E-state index contributed by atoms with van der Waals surface area (Å²) in [5.41, 5.74) is 1.57. The van der Waals surface area contributed by atoms with Crippen LogP contribution in [0.4, 0.5) is 5.69 Å². The predicted octanol–water partition coefficient (Wildman–Crippen LogP) is 1.28. The predicted molar refractivity (Wildman–Crippen MR) is 107 cm³/mol. The molecule has 8 heteroatoms. The van der Waals surface area contributed by atoms with Crippen LogP contribution >= 0.6 is 0 Å². The van der Waals surface area contributed by atoms with E-state index in [1.54, 1.807) is 24.3 Å². The standard InChI is InChI=1S/C21H23N3O5/c1-22-19(26)11-16(13-25)24-20(27)12-23-18-10-6-5-9-17(18)21(28)29-14-15-7-3-2-4-8-15/h2-10,13,16,23H,11-12,14H2,1H3,(H,22,26)(H,24,27). The Bertz CT molecular complexity index is 854. The number of anilines is 1. The summed E-state index contributed by atoms with van der Waals surface area (Å²) in [5, 5.41) is 7.70. The number of carbonyl (C=O) groups is 4. The number of esters is 1. The van der Waals surface area contributed by atoms with Gasteiger partial charge in [-0.05, 0) is 17.7 Å². The molecule has 2 amide bonds. The van der Waals surface area contributed by atoms with E-state index in [1.807, 2.05) is 30.3 Å². The lowest BCUT2D eigenvalue weighted by atomic mass is 10.1. The number of rotatable bonds is 10. The van der Waals surface area contributed by atoms with Crippen LogP contribution in [0, 0.1) is 0 Å². The number of ether oxygens (including phenoxy) is 1. The van der Waals surface area contributed by atoms with Gasteiger partial charge in [-0.2, -0.15) is 0 Å². The molecule has 0 spiro atoms. The Kier molecular flexibility index (Phi) is 8.37. The van der Waals surface area contributed by atoms with Crippen molar-refractivity contribution in [2.24, 2.45) is 0 Å². The van der Waals surface area contributed by atoms with E-state index in [9.17, 15) is 19.2 Å². The van der Waals surface area contributed by atoms with Crippen LogP contribution in [0.25, 0.3) is 0 Å². The Labute approximate surface area is 168 Å². The van der Waals surface area contributed by atoms with Crippen molar-refractivity contribution in [1.29, 1.82) is 0 Å². The van der Waals surface area contributed by atoms with E-state index in [0.29, 0.717) is 12.0 Å². The summed E-state index contributed by atoms with van der Waals surface area (Å²) in [6.07, 6.45) is 0.357. The average molecular weight is 397 g/mol. The lowest BCUT2D eigenvalue weighted by Gasteiger charge is -2.14. The number of hydrogen-bond donors (Lipinski definition) is 3. The van der Waals surface area contributed by atoms with Crippen LogP contribution in [0.5, 0.6) is 0 Å². The molecule has 0 saturated carbocycles. The maximum absolute atomic E-state index is 12.4. The minimum absolute atomic E-state index is 0.134. The Balaban J connectivity index is 1.92. The third kappa shape index (κ3) is 7.10. The second-order valence-electron chi connectivity index (χ2n) is 6.15. The van der Waals surface area contributed by atoms with Crippen molar-refractivity contribution in [3.63, 3.8) is 0 Å². The Morgan fingerprint density at radius 3 is 2.38 bits per heavy atom. The summed E-state index contributed by atoms with van der Waals surface area (Å²) in [5.74, 6) is -1.37. The van der Waals surface area contributed by atoms with Gasteiger partial charge in [-0.1, -0.05) is 42.5 Å². The second kappa shape index (κ2) is 11.2. The highest BCUT2D eigenvalue weighted by Gasteiger charge is 2.16. The van der Waals surface area contributed by atoms with E-state index in [1.165, 1.54) is 7.05 Å². The molecule has 0 aliphatic heterocycles. The minimum atomic E-state index is -0.921. The summed E-state index contributed by atoms with van der Waals surface area (Å²) >= 11 is 0. The quantitative estimate of drug-likeness (QED) is 0.411. The number of amides is 2. The fourth-order valence-corrected chi connectivity index (χ4v) is 2.48. The summed E-state index contributed by atoms with van der Waals surface area (Å²) < 4.78 is 5.33. The van der Waals surface area contributed by atoms with Crippen molar-refractivity contribution in [3.8, 4) is 0 Å². The normalized spacial score (nSPS) is 11.1. The number of aldehydes is 1. The highest BCUT2D eigenvalue weighted by Crippen LogP contribution is 2.16. The van der Waals surface area contributed by atoms with E-state index >= 15 is 0 Å². The van der Waals surface area contributed by atoms with Gasteiger partial charge in [0.2, 0.25) is 11.8 Å². The molecule has 0 aliphatic carbocycles. The number of carbonyl (C=O) groups excluding carboxylic acids is 4. The van der Waals surface area contributed by atoms with Gasteiger partial charge < -0.3 is 25.5 Å². The molecule has 0 heterocycles. The Morgan fingerprint density at radius 1 is 1.00 bits per heavy atom. The van der Waals surface area contributed by atoms with Crippen molar-refractivity contribution in [3.05, 3.63) is 65.7 Å². The SMILES string of the molecule is CNC(=O)CC(C=O)NC(=O)CNc1ccccc1C(=O)OCc1ccccc1. The minimum Gasteiger partial charge on any atom is -0.457 e. The first-order valence-corrected chi connectivity index (χ1v) is 9.02. The molecule has 3 N–H and O–H groups in total. The maximum Gasteiger partial charge on any atom is 0.340 e. The van der Waals surface area contributed by atoms with Gasteiger partial charge in [0, 0.05) is 12.7 Å². The van der Waals surface area contributed by atoms with Crippen molar-refractivity contribution in [2.75, 3.05) is 18.9 Å². The first-order valence-electron chi connectivity index (χ1n) is 9.02. The van der Waals surface area contributed by atoms with Crippen LogP contribution in [-0.2, 0) is 25.7 Å². The molecule has 2 rings (SSSR count). The van der Waals surface area contributed by atoms with Gasteiger partial charge in [0.15, 0.2) is 0 Å². The molecule has 2 aromatic carbocycles. The molecule has 0 bridgehead atoms. The molecule has 0 fully saturated rings. The van der Waals surface area contributed by atoms with Crippen LogP contribution in [0.15, 0.2) is 54.6 Å². The lowest BCUT2D eigenvalue weighted by molar-refractivity contribution is -0.125. The van der Waals surface area contributed by atoms with E-state index in [-0.39, 0.29) is 31.0 Å². The van der Waals surface area contributed by atoms with Gasteiger partial charge in [-0.15, -0.1) is 0 Å². The lowest BCUT2D eigenvalue weighted by Crippen LogP contribution is -2.42. The van der Waals surface area contributed by atoms with Crippen LogP contribution < -0.4 is 16.0 Å². The number of benzene rings is 2. The van der Waals surface area contributed by atoms with E-state index in [2.05, 4.69) is 16.0 Å². The molecule has 0 radical (unpaired) electrons. The summed E-state index contributed by atoms with van der Waals surface area (Å²) in [7, 11) is 1.45. The number of hydrogen-bond acceptors (Lipinski definition) is 6. The summed E-state index contributed by atoms with van der Waals surface area (Å²) in [6.45, 7) is -0.0456. The average Bonchev–Trinajstić information content (AvgIpc) is 2.76. The van der Waals surface area contributed by atoms with Crippen LogP contribution in [0.2, 0.25) is 0 Å². The molecule has 0 aliphatic rings. The molecule has 0 saturated heterocycles. The zero-order chi connectivity index (χ0) is 21.1. The molecule has 1 atom stereocenters. The monoisotopic (exact) mass is 397 g/mol. The van der Waals surface area contributed by atoms with E-state index in [4.69, 9.17) is 4.74 Å². The highest BCUT2D eigenvalue weighted by molar-refractivity contribution is 5.96. The van der Waals surface area contributed by atoms with Gasteiger partial charge in [-0.3, -0.25) is 9.59 Å². The molecule has 0 aromatic heterocycles. The first-order chi connectivity index (χ1) is 14.0. The summed E-state index contributed by atoms with van der Waals surface area (Å²) in [6, 6.07) is 15.0. The van der Waals surface area contributed by atoms with Crippen molar-refractivity contribution in [1.82, 2.24) is 10.6 Å². The van der Waals surface area contributed by atoms with Gasteiger partial charge >= 0.3 is 5.97 Å². The van der Waals surface area contributed by atoms with Crippen molar-refractivity contribution < 1.29 is 23.9 Å². The third-order valence-corrected chi connectivity index (χ3v) is 3.99. The van der Waals surface area contributed by atoms with Gasteiger partial charge in [-0.25, -0.2) is 4.79 Å². The molecule has 2 aromatic rings. The van der Waals surface area contributed by atoms with Crippen LogP contribution in [-0.4, -0.2) is 43.7 Å². The smallest absolute Gasteiger partial charge is 0.340 e. The first kappa shape index (κ1) is 21.6. The summed E-state index contributed by atoms with van der Waals surface area (Å²) in [4.78, 5) is 46.8. The molecular formula is C21H23N3O5. The molecule has 8 nitrogen and oxygen atoms in total. The fourth-order valence-electron chi connectivity index (χ4n) is 2.48. The highest BCUT2D eigenvalue weighted by atomic mass is 16.5. The van der Waals surface area contributed by atoms with Gasteiger partial charge in [0.05, 0.1) is 24.6 Å². The Morgan fingerprint density at radius 2 is 1.69 bits per heavy atom. The van der Waals surface area contributed by atoms with Gasteiger partial charge in [0.1, 0.15) is 12.9 Å². The van der Waals surface area contributed by atoms with Crippen LogP contribution in [0.3, 0.4) is 0 Å². The zero-order valence-electron chi connectivity index (χ0n) is 16.0. The van der Waals surface area contributed by atoms with Crippen molar-refractivity contribution in [2.45, 2.75) is 19.1 Å². The largest absolute Gasteiger partial charge is 0.457 e. The molecular weight excluding hydrogens is 374 g/mol. The van der Waals surface area contributed by atoms with E-state index in [0.717, 1.165) is 5.56 Å². The molecule has 29 heavy (non-hydrogen) atoms. The Hall–Kier alpha value is -3.68. The van der Waals surface area contributed by atoms with Gasteiger partial charge in [0.25, 0.3) is 0 Å². The zero-order valence-corrected chi connectivity index (χ0v) is 16.0. The fraction of sp³-hybridized carbons (Fsp3) is 0.238. The molecule has 1 unspecified atom stereocenters. The maximum atomic E-state index is 12.4. The van der Waals surface area contributed by atoms with E-state index < -0.39 is 17.9 Å². The van der Waals surface area contributed by atoms with Crippen molar-refractivity contribution >= 4 is 29.8 Å². The van der Waals surface area contributed by atoms with Crippen LogP contribution in [0.1, 0.15) is 22.3 Å². The molecule has 152 valence electrons.